The average Bonchev–Trinajstić information content (AvgIpc) is 2.42. The zero-order valence-corrected chi connectivity index (χ0v) is 8.32. The van der Waals surface area contributed by atoms with E-state index >= 15 is 0 Å². The summed E-state index contributed by atoms with van der Waals surface area (Å²) >= 11 is 0. The van der Waals surface area contributed by atoms with Gasteiger partial charge in [-0.25, -0.2) is 4.79 Å². The molecule has 0 aliphatic carbocycles. The van der Waals surface area contributed by atoms with Crippen LogP contribution < -0.4 is 0 Å². The molecule has 1 aliphatic heterocycles. The van der Waals surface area contributed by atoms with Gasteiger partial charge in [0.15, 0.2) is 0 Å². The Morgan fingerprint density at radius 1 is 1.57 bits per heavy atom. The lowest BCUT2D eigenvalue weighted by molar-refractivity contribution is 0.0462. The minimum Gasteiger partial charge on any atom is -0.427 e. The summed E-state index contributed by atoms with van der Waals surface area (Å²) in [5.41, 5.74) is 0. The van der Waals surface area contributed by atoms with E-state index in [1.807, 2.05) is 0 Å². The number of hydrogen-bond acceptors (Lipinski definition) is 6. The Bertz CT molecular complexity index is 334. The fourth-order valence-corrected chi connectivity index (χ4v) is 1.93. The van der Waals surface area contributed by atoms with Crippen LogP contribution in [0.3, 0.4) is 0 Å². The van der Waals surface area contributed by atoms with E-state index < -0.39 is 22.4 Å². The molecule has 0 radical (unpaired) electrons. The molecule has 1 fully saturated rings. The molecule has 0 amide bonds. The van der Waals surface area contributed by atoms with Crippen LogP contribution >= 0.6 is 0 Å². The van der Waals surface area contributed by atoms with Crippen LogP contribution in [0.1, 0.15) is 0 Å². The molecular weight excluding hydrogens is 211 g/mol. The largest absolute Gasteiger partial charge is 0.513 e. The maximum atomic E-state index is 10.8. The summed E-state index contributed by atoms with van der Waals surface area (Å²) in [7, 11) is -1.85. The summed E-state index contributed by atoms with van der Waals surface area (Å²) in [4.78, 5) is 10.8. The summed E-state index contributed by atoms with van der Waals surface area (Å²) in [6.07, 6.45) is -0.571. The second-order valence-electron chi connectivity index (χ2n) is 2.59. The van der Waals surface area contributed by atoms with E-state index in [2.05, 4.69) is 13.7 Å². The molecule has 0 aromatic heterocycles. The van der Waals surface area contributed by atoms with Gasteiger partial charge in [-0.3, -0.25) is 4.18 Å². The number of ether oxygens (including phenoxy) is 2. The van der Waals surface area contributed by atoms with Crippen LogP contribution in [0.15, 0.2) is 12.2 Å². The maximum absolute atomic E-state index is 10.8. The van der Waals surface area contributed by atoms with E-state index in [9.17, 15) is 13.2 Å². The van der Waals surface area contributed by atoms with Gasteiger partial charge in [-0.05, 0) is 0 Å². The molecule has 8 heteroatoms. The molecule has 1 atom stereocenters. The van der Waals surface area contributed by atoms with Crippen molar-refractivity contribution in [1.82, 2.24) is 0 Å². The van der Waals surface area contributed by atoms with Crippen LogP contribution in [0.5, 0.6) is 0 Å². The third-order valence-electron chi connectivity index (χ3n) is 1.39. The van der Waals surface area contributed by atoms with Gasteiger partial charge in [0.25, 0.3) is 10.1 Å². The molecular formula is C6H9BO6S. The van der Waals surface area contributed by atoms with E-state index in [-0.39, 0.29) is 12.4 Å². The van der Waals surface area contributed by atoms with Gasteiger partial charge in [-0.2, -0.15) is 8.42 Å². The van der Waals surface area contributed by atoms with E-state index in [1.54, 1.807) is 7.85 Å². The third-order valence-corrected chi connectivity index (χ3v) is 2.66. The fourth-order valence-electron chi connectivity index (χ4n) is 0.859. The molecule has 0 N–H and O–H groups in total. The van der Waals surface area contributed by atoms with Crippen LogP contribution in [-0.4, -0.2) is 40.9 Å². The van der Waals surface area contributed by atoms with Gasteiger partial charge in [0.1, 0.15) is 26.3 Å². The lowest BCUT2D eigenvalue weighted by Crippen LogP contribution is -2.21. The second kappa shape index (κ2) is 4.47. The molecule has 14 heavy (non-hydrogen) atoms. The van der Waals surface area contributed by atoms with Crippen molar-refractivity contribution in [1.29, 1.82) is 0 Å². The maximum Gasteiger partial charge on any atom is 0.513 e. The van der Waals surface area contributed by atoms with E-state index in [4.69, 9.17) is 0 Å². The minimum absolute atomic E-state index is 0.146. The monoisotopic (exact) mass is 220 g/mol. The summed E-state index contributed by atoms with van der Waals surface area (Å²) in [5, 5.41) is 0. The Labute approximate surface area is 82.4 Å². The van der Waals surface area contributed by atoms with Gasteiger partial charge in [-0.1, -0.05) is 5.98 Å². The predicted molar refractivity (Wildman–Crippen MR) is 48.8 cm³/mol. The summed E-state index contributed by atoms with van der Waals surface area (Å²) in [6.45, 7) is -0.146. The molecule has 1 saturated heterocycles. The Hall–Kier alpha value is -1.02. The van der Waals surface area contributed by atoms with Crippen molar-refractivity contribution in [3.8, 4) is 0 Å². The quantitative estimate of drug-likeness (QED) is 0.256. The number of carbonyl (C=O) groups excluding carboxylic acids is 1. The third kappa shape index (κ3) is 3.39. The summed E-state index contributed by atoms with van der Waals surface area (Å²) in [6, 6.07) is 0. The molecule has 0 spiro atoms. The van der Waals surface area contributed by atoms with E-state index in [0.29, 0.717) is 0 Å². The highest BCUT2D eigenvalue weighted by molar-refractivity contribution is 7.87. The van der Waals surface area contributed by atoms with Gasteiger partial charge in [-0.15, -0.1) is 0 Å². The van der Waals surface area contributed by atoms with Crippen molar-refractivity contribution in [2.75, 3.05) is 12.4 Å². The average molecular weight is 220 g/mol. The van der Waals surface area contributed by atoms with Crippen molar-refractivity contribution in [3.63, 3.8) is 0 Å². The molecule has 1 heterocycles. The first-order valence-electron chi connectivity index (χ1n) is 3.89. The van der Waals surface area contributed by atoms with Crippen molar-refractivity contribution in [2.45, 2.75) is 6.10 Å². The first-order valence-corrected chi connectivity index (χ1v) is 5.47. The molecule has 0 saturated carbocycles. The first-order chi connectivity index (χ1) is 6.53. The Kier molecular flexibility index (Phi) is 3.53. The number of hydrogen-bond donors (Lipinski definition) is 0. The van der Waals surface area contributed by atoms with Crippen molar-refractivity contribution >= 4 is 24.1 Å². The second-order valence-corrected chi connectivity index (χ2v) is 4.27. The van der Waals surface area contributed by atoms with Gasteiger partial charge in [0.05, 0.1) is 6.26 Å². The standard InChI is InChI=1S/C6H9BO6S/c7-1-2-11-6(8)13-5-3-12-14(9,10)4-5/h1-2,5H,3-4,7H2/b2-1-. The van der Waals surface area contributed by atoms with Gasteiger partial charge in [0.2, 0.25) is 0 Å². The number of rotatable bonds is 2. The lowest BCUT2D eigenvalue weighted by Gasteiger charge is -2.06. The van der Waals surface area contributed by atoms with E-state index in [0.717, 1.165) is 6.26 Å². The minimum atomic E-state index is -3.51. The molecule has 78 valence electrons. The Morgan fingerprint density at radius 3 is 2.79 bits per heavy atom. The van der Waals surface area contributed by atoms with Crippen LogP contribution in [0.25, 0.3) is 0 Å². The molecule has 1 aliphatic rings. The van der Waals surface area contributed by atoms with Gasteiger partial charge in [0, 0.05) is 0 Å². The van der Waals surface area contributed by atoms with Gasteiger partial charge < -0.3 is 9.47 Å². The van der Waals surface area contributed by atoms with Crippen LogP contribution in [-0.2, 0) is 23.8 Å². The summed E-state index contributed by atoms with van der Waals surface area (Å²) in [5.74, 6) is 1.18. The molecule has 1 rings (SSSR count). The molecule has 0 aromatic carbocycles. The topological polar surface area (TPSA) is 78.9 Å². The molecule has 1 unspecified atom stereocenters. The smallest absolute Gasteiger partial charge is 0.427 e. The SMILES string of the molecule is B/C=C\OC(=O)OC1COS(=O)(=O)C1. The highest BCUT2D eigenvalue weighted by Gasteiger charge is 2.32. The fraction of sp³-hybridized carbons (Fsp3) is 0.500. The van der Waals surface area contributed by atoms with E-state index in [1.165, 1.54) is 5.98 Å². The normalized spacial score (nSPS) is 25.0. The van der Waals surface area contributed by atoms with Crippen molar-refractivity contribution in [2.24, 2.45) is 0 Å². The molecule has 0 aromatic rings. The predicted octanol–water partition coefficient (Wildman–Crippen LogP) is -1.03. The zero-order chi connectivity index (χ0) is 10.6. The molecule has 0 bridgehead atoms. The number of carbonyl (C=O) groups is 1. The van der Waals surface area contributed by atoms with Crippen LogP contribution in [0, 0.1) is 0 Å². The lowest BCUT2D eigenvalue weighted by atomic mass is 10.2. The highest BCUT2D eigenvalue weighted by Crippen LogP contribution is 2.11. The Balaban J connectivity index is 2.36. The van der Waals surface area contributed by atoms with Crippen molar-refractivity contribution < 1.29 is 26.9 Å². The summed E-state index contributed by atoms with van der Waals surface area (Å²) < 4.78 is 35.0. The Morgan fingerprint density at radius 2 is 2.29 bits per heavy atom. The van der Waals surface area contributed by atoms with Crippen LogP contribution in [0.2, 0.25) is 0 Å². The zero-order valence-electron chi connectivity index (χ0n) is 7.50. The van der Waals surface area contributed by atoms with Crippen LogP contribution in [0.4, 0.5) is 4.79 Å². The first kappa shape index (κ1) is 11.1. The van der Waals surface area contributed by atoms with Gasteiger partial charge >= 0.3 is 6.16 Å². The molecule has 6 nitrogen and oxygen atoms in total. The van der Waals surface area contributed by atoms with Crippen molar-refractivity contribution in [3.05, 3.63) is 12.2 Å². The highest BCUT2D eigenvalue weighted by atomic mass is 32.2.